The normalized spacial score (nSPS) is 21.7. The van der Waals surface area contributed by atoms with E-state index in [2.05, 4.69) is 0 Å². The smallest absolute Gasteiger partial charge is 0.245 e. The van der Waals surface area contributed by atoms with Gasteiger partial charge in [0.2, 0.25) is 17.7 Å². The number of likely N-dealkylation sites (tertiary alicyclic amines) is 1. The van der Waals surface area contributed by atoms with Gasteiger partial charge >= 0.3 is 0 Å². The fourth-order valence-electron chi connectivity index (χ4n) is 4.36. The molecule has 3 unspecified atom stereocenters. The van der Waals surface area contributed by atoms with Crippen molar-refractivity contribution in [3.8, 4) is 5.75 Å². The molecule has 1 aliphatic carbocycles. The van der Waals surface area contributed by atoms with Crippen LogP contribution in [0.15, 0.2) is 36.4 Å². The number of hydrogen-bond acceptors (Lipinski definition) is 4. The Morgan fingerprint density at radius 1 is 1.10 bits per heavy atom. The average molecular weight is 413 g/mol. The zero-order valence-electron chi connectivity index (χ0n) is 18.3. The zero-order chi connectivity index (χ0) is 21.8. The number of carbonyl (C=O) groups is 3. The van der Waals surface area contributed by atoms with Gasteiger partial charge in [0.25, 0.3) is 0 Å². The van der Waals surface area contributed by atoms with Gasteiger partial charge in [0.15, 0.2) is 0 Å². The number of carbonyl (C=O) groups excluding carboxylic acids is 3. The predicted molar refractivity (Wildman–Crippen MR) is 115 cm³/mol. The van der Waals surface area contributed by atoms with Crippen LogP contribution >= 0.6 is 0 Å². The Morgan fingerprint density at radius 3 is 2.17 bits per heavy atom. The number of ether oxygens (including phenoxy) is 1. The van der Waals surface area contributed by atoms with Crippen LogP contribution < -0.4 is 4.74 Å². The van der Waals surface area contributed by atoms with Crippen LogP contribution in [-0.4, -0.2) is 47.2 Å². The second-order valence-corrected chi connectivity index (χ2v) is 8.62. The molecule has 0 saturated carbocycles. The van der Waals surface area contributed by atoms with Gasteiger partial charge in [-0.1, -0.05) is 38.1 Å². The number of benzene rings is 1. The summed E-state index contributed by atoms with van der Waals surface area (Å²) in [5, 5.41) is 0. The molecule has 3 atom stereocenters. The zero-order valence-corrected chi connectivity index (χ0v) is 18.3. The van der Waals surface area contributed by atoms with Crippen molar-refractivity contribution in [1.82, 2.24) is 9.80 Å². The Bertz CT molecular complexity index is 789. The number of imide groups is 1. The highest BCUT2D eigenvalue weighted by Gasteiger charge is 2.51. The Balaban J connectivity index is 1.76. The van der Waals surface area contributed by atoms with Gasteiger partial charge in [-0.15, -0.1) is 0 Å². The van der Waals surface area contributed by atoms with E-state index in [1.54, 1.807) is 11.9 Å². The molecule has 0 spiro atoms. The largest absolute Gasteiger partial charge is 0.494 e. The minimum Gasteiger partial charge on any atom is -0.494 e. The summed E-state index contributed by atoms with van der Waals surface area (Å²) in [5.74, 6) is -0.240. The van der Waals surface area contributed by atoms with Crippen molar-refractivity contribution >= 4 is 17.7 Å². The predicted octanol–water partition coefficient (Wildman–Crippen LogP) is 3.41. The van der Waals surface area contributed by atoms with E-state index in [1.165, 1.54) is 4.90 Å². The molecule has 1 heterocycles. The van der Waals surface area contributed by atoms with Gasteiger partial charge in [-0.2, -0.15) is 0 Å². The van der Waals surface area contributed by atoms with Crippen LogP contribution in [-0.2, 0) is 20.9 Å². The highest BCUT2D eigenvalue weighted by molar-refractivity contribution is 6.08. The lowest BCUT2D eigenvalue weighted by Crippen LogP contribution is -2.50. The Morgan fingerprint density at radius 2 is 1.67 bits per heavy atom. The van der Waals surface area contributed by atoms with Crippen molar-refractivity contribution in [3.05, 3.63) is 42.0 Å². The molecular weight excluding hydrogens is 380 g/mol. The van der Waals surface area contributed by atoms with E-state index >= 15 is 0 Å². The van der Waals surface area contributed by atoms with Crippen LogP contribution in [0.25, 0.3) is 0 Å². The van der Waals surface area contributed by atoms with E-state index in [-0.39, 0.29) is 35.5 Å². The summed E-state index contributed by atoms with van der Waals surface area (Å²) >= 11 is 0. The lowest BCUT2D eigenvalue weighted by molar-refractivity contribution is -0.152. The molecule has 6 nitrogen and oxygen atoms in total. The molecule has 1 aliphatic heterocycles. The van der Waals surface area contributed by atoms with E-state index in [9.17, 15) is 14.4 Å². The third kappa shape index (κ3) is 4.58. The van der Waals surface area contributed by atoms with E-state index in [4.69, 9.17) is 4.74 Å². The first-order valence-electron chi connectivity index (χ1n) is 10.8. The average Bonchev–Trinajstić information content (AvgIpc) is 2.98. The summed E-state index contributed by atoms with van der Waals surface area (Å²) < 4.78 is 5.47. The van der Waals surface area contributed by atoms with Crippen LogP contribution in [0.4, 0.5) is 0 Å². The van der Waals surface area contributed by atoms with Crippen molar-refractivity contribution in [3.63, 3.8) is 0 Å². The molecule has 2 aliphatic rings. The monoisotopic (exact) mass is 412 g/mol. The molecule has 1 fully saturated rings. The summed E-state index contributed by atoms with van der Waals surface area (Å²) in [6.45, 7) is 6.95. The SMILES string of the molecule is CCOc1ccc(CN(C)C(=O)C(CC(C)C)N2C(=O)C3CC=CCC3C2=O)cc1. The van der Waals surface area contributed by atoms with E-state index < -0.39 is 6.04 Å². The third-order valence-electron chi connectivity index (χ3n) is 5.86. The van der Waals surface area contributed by atoms with Crippen LogP contribution in [0.2, 0.25) is 0 Å². The second-order valence-electron chi connectivity index (χ2n) is 8.62. The number of nitrogens with zero attached hydrogens (tertiary/aromatic N) is 2. The highest BCUT2D eigenvalue weighted by atomic mass is 16.5. The second kappa shape index (κ2) is 9.45. The quantitative estimate of drug-likeness (QED) is 0.485. The van der Waals surface area contributed by atoms with Crippen molar-refractivity contribution < 1.29 is 19.1 Å². The first-order valence-corrected chi connectivity index (χ1v) is 10.8. The Hall–Kier alpha value is -2.63. The number of allylic oxidation sites excluding steroid dienone is 2. The number of hydrogen-bond donors (Lipinski definition) is 0. The first-order chi connectivity index (χ1) is 14.3. The number of amides is 3. The fraction of sp³-hybridized carbons (Fsp3) is 0.542. The van der Waals surface area contributed by atoms with E-state index in [0.29, 0.717) is 32.4 Å². The lowest BCUT2D eigenvalue weighted by atomic mass is 9.85. The number of rotatable bonds is 8. The molecule has 3 rings (SSSR count). The summed E-state index contributed by atoms with van der Waals surface area (Å²) in [7, 11) is 1.73. The Kier molecular flexibility index (Phi) is 6.95. The molecule has 0 radical (unpaired) electrons. The molecule has 6 heteroatoms. The molecule has 162 valence electrons. The summed E-state index contributed by atoms with van der Waals surface area (Å²) in [4.78, 5) is 42.4. The standard InChI is InChI=1S/C24H32N2O4/c1-5-30-18-12-10-17(11-13-18)15-25(4)24(29)21(14-16(2)3)26-22(27)19-8-6-7-9-20(19)23(26)28/h6-7,10-13,16,19-21H,5,8-9,14-15H2,1-4H3. The maximum Gasteiger partial charge on any atom is 0.245 e. The molecule has 30 heavy (non-hydrogen) atoms. The topological polar surface area (TPSA) is 66.9 Å². The van der Waals surface area contributed by atoms with Gasteiger partial charge in [0.1, 0.15) is 11.8 Å². The fourth-order valence-corrected chi connectivity index (χ4v) is 4.36. The third-order valence-corrected chi connectivity index (χ3v) is 5.86. The summed E-state index contributed by atoms with van der Waals surface area (Å²) in [5.41, 5.74) is 0.967. The van der Waals surface area contributed by atoms with Crippen LogP contribution in [0.1, 0.15) is 45.6 Å². The molecule has 0 N–H and O–H groups in total. The highest BCUT2D eigenvalue weighted by Crippen LogP contribution is 2.37. The summed E-state index contributed by atoms with van der Waals surface area (Å²) in [6, 6.07) is 6.88. The van der Waals surface area contributed by atoms with Crippen LogP contribution in [0, 0.1) is 17.8 Å². The molecule has 0 aromatic heterocycles. The van der Waals surface area contributed by atoms with Crippen molar-refractivity contribution in [1.29, 1.82) is 0 Å². The maximum absolute atomic E-state index is 13.4. The van der Waals surface area contributed by atoms with E-state index in [0.717, 1.165) is 11.3 Å². The van der Waals surface area contributed by atoms with Crippen molar-refractivity contribution in [2.24, 2.45) is 17.8 Å². The molecule has 3 amide bonds. The molecular formula is C24H32N2O4. The number of likely N-dealkylation sites (N-methyl/N-ethyl adjacent to an activating group) is 1. The van der Waals surface area contributed by atoms with Gasteiger partial charge in [-0.05, 0) is 49.8 Å². The lowest BCUT2D eigenvalue weighted by Gasteiger charge is -2.31. The molecule has 1 aromatic carbocycles. The van der Waals surface area contributed by atoms with Gasteiger partial charge in [0, 0.05) is 13.6 Å². The van der Waals surface area contributed by atoms with Gasteiger partial charge in [0.05, 0.1) is 18.4 Å². The van der Waals surface area contributed by atoms with Crippen molar-refractivity contribution in [2.45, 2.75) is 52.6 Å². The molecule has 1 aromatic rings. The minimum atomic E-state index is -0.747. The molecule has 0 bridgehead atoms. The number of fused-ring (bicyclic) bond motifs is 1. The van der Waals surface area contributed by atoms with Crippen molar-refractivity contribution in [2.75, 3.05) is 13.7 Å². The van der Waals surface area contributed by atoms with E-state index in [1.807, 2.05) is 57.2 Å². The Labute approximate surface area is 178 Å². The van der Waals surface area contributed by atoms with Gasteiger partial charge < -0.3 is 9.64 Å². The van der Waals surface area contributed by atoms with Crippen LogP contribution in [0.5, 0.6) is 5.75 Å². The van der Waals surface area contributed by atoms with Crippen LogP contribution in [0.3, 0.4) is 0 Å². The van der Waals surface area contributed by atoms with Gasteiger partial charge in [-0.25, -0.2) is 0 Å². The summed E-state index contributed by atoms with van der Waals surface area (Å²) in [6.07, 6.45) is 5.56. The first kappa shape index (κ1) is 22.1. The van der Waals surface area contributed by atoms with Gasteiger partial charge in [-0.3, -0.25) is 19.3 Å². The molecule has 1 saturated heterocycles. The maximum atomic E-state index is 13.4. The minimum absolute atomic E-state index is 0.180.